The van der Waals surface area contributed by atoms with E-state index < -0.39 is 0 Å². The lowest BCUT2D eigenvalue weighted by Crippen LogP contribution is -2.43. The molecule has 2 heterocycles. The van der Waals surface area contributed by atoms with Gasteiger partial charge in [0.2, 0.25) is 0 Å². The fourth-order valence-corrected chi connectivity index (χ4v) is 2.81. The van der Waals surface area contributed by atoms with Crippen molar-refractivity contribution in [1.82, 2.24) is 19.8 Å². The molecule has 0 atom stereocenters. The number of hydrogen-bond acceptors (Lipinski definition) is 3. The van der Waals surface area contributed by atoms with E-state index >= 15 is 0 Å². The van der Waals surface area contributed by atoms with Gasteiger partial charge in [0.05, 0.1) is 17.6 Å². The third-order valence-electron chi connectivity index (χ3n) is 3.87. The van der Waals surface area contributed by atoms with Crippen LogP contribution in [-0.4, -0.2) is 40.6 Å². The van der Waals surface area contributed by atoms with Crippen LogP contribution in [0.2, 0.25) is 0 Å². The minimum Gasteiger partial charge on any atom is -0.323 e. The van der Waals surface area contributed by atoms with Gasteiger partial charge in [0.15, 0.2) is 0 Å². The van der Waals surface area contributed by atoms with Crippen LogP contribution in [0.5, 0.6) is 0 Å². The van der Waals surface area contributed by atoms with Crippen molar-refractivity contribution >= 4 is 11.0 Å². The quantitative estimate of drug-likeness (QED) is 0.862. The molecule has 2 aromatic rings. The molecular formula is C16H22N4. The SMILES string of the molecule is C=CCn1c(CN2CCNCC2)nc2ccc(C)cc21. The maximum atomic E-state index is 4.82. The zero-order valence-corrected chi connectivity index (χ0v) is 12.1. The molecule has 20 heavy (non-hydrogen) atoms. The zero-order valence-electron chi connectivity index (χ0n) is 12.1. The zero-order chi connectivity index (χ0) is 13.9. The molecule has 4 heteroatoms. The van der Waals surface area contributed by atoms with Gasteiger partial charge in [-0.2, -0.15) is 0 Å². The lowest BCUT2D eigenvalue weighted by molar-refractivity contribution is 0.226. The van der Waals surface area contributed by atoms with Gasteiger partial charge in [0.25, 0.3) is 0 Å². The van der Waals surface area contributed by atoms with E-state index in [1.54, 1.807) is 0 Å². The minimum absolute atomic E-state index is 0.821. The Labute approximate surface area is 120 Å². The number of aromatic nitrogens is 2. The third-order valence-corrected chi connectivity index (χ3v) is 3.87. The van der Waals surface area contributed by atoms with Crippen LogP contribution < -0.4 is 5.32 Å². The number of aryl methyl sites for hydroxylation is 1. The first-order valence-corrected chi connectivity index (χ1v) is 7.27. The molecule has 1 aliphatic heterocycles. The summed E-state index contributed by atoms with van der Waals surface area (Å²) in [4.78, 5) is 7.28. The fourth-order valence-electron chi connectivity index (χ4n) is 2.81. The lowest BCUT2D eigenvalue weighted by Gasteiger charge is -2.26. The molecular weight excluding hydrogens is 248 g/mol. The summed E-state index contributed by atoms with van der Waals surface area (Å²) in [6.07, 6.45) is 1.95. The highest BCUT2D eigenvalue weighted by atomic mass is 15.2. The molecule has 106 valence electrons. The summed E-state index contributed by atoms with van der Waals surface area (Å²) < 4.78 is 2.29. The van der Waals surface area contributed by atoms with Crippen molar-refractivity contribution in [3.05, 3.63) is 42.2 Å². The van der Waals surface area contributed by atoms with Gasteiger partial charge in [-0.1, -0.05) is 12.1 Å². The smallest absolute Gasteiger partial charge is 0.124 e. The van der Waals surface area contributed by atoms with Crippen LogP contribution in [0.1, 0.15) is 11.4 Å². The summed E-state index contributed by atoms with van der Waals surface area (Å²) in [5, 5.41) is 3.39. The van der Waals surface area contributed by atoms with Crippen LogP contribution in [0.3, 0.4) is 0 Å². The Morgan fingerprint density at radius 3 is 2.90 bits per heavy atom. The standard InChI is InChI=1S/C16H22N4/c1-3-8-20-15-11-13(2)4-5-14(15)18-16(20)12-19-9-6-17-7-10-19/h3-5,11,17H,1,6-10,12H2,2H3. The molecule has 1 fully saturated rings. The summed E-state index contributed by atoms with van der Waals surface area (Å²) >= 11 is 0. The van der Waals surface area contributed by atoms with Crippen molar-refractivity contribution in [2.24, 2.45) is 0 Å². The number of nitrogens with one attached hydrogen (secondary N) is 1. The van der Waals surface area contributed by atoms with Gasteiger partial charge in [-0.15, -0.1) is 6.58 Å². The van der Waals surface area contributed by atoms with Crippen LogP contribution in [0.25, 0.3) is 11.0 Å². The van der Waals surface area contributed by atoms with E-state index in [0.29, 0.717) is 0 Å². The van der Waals surface area contributed by atoms with Crippen molar-refractivity contribution < 1.29 is 0 Å². The number of fused-ring (bicyclic) bond motifs is 1. The maximum Gasteiger partial charge on any atom is 0.124 e. The second-order valence-electron chi connectivity index (χ2n) is 5.45. The first-order chi connectivity index (χ1) is 9.78. The summed E-state index contributed by atoms with van der Waals surface area (Å²) in [7, 11) is 0. The van der Waals surface area contributed by atoms with E-state index in [-0.39, 0.29) is 0 Å². The second kappa shape index (κ2) is 5.77. The van der Waals surface area contributed by atoms with Crippen LogP contribution in [0, 0.1) is 6.92 Å². The minimum atomic E-state index is 0.821. The highest BCUT2D eigenvalue weighted by Crippen LogP contribution is 2.19. The number of imidazole rings is 1. The second-order valence-corrected chi connectivity index (χ2v) is 5.45. The van der Waals surface area contributed by atoms with Crippen molar-refractivity contribution in [2.45, 2.75) is 20.0 Å². The van der Waals surface area contributed by atoms with Crippen molar-refractivity contribution in [2.75, 3.05) is 26.2 Å². The van der Waals surface area contributed by atoms with Gasteiger partial charge in [-0.05, 0) is 24.6 Å². The Morgan fingerprint density at radius 2 is 2.15 bits per heavy atom. The molecule has 0 amide bonds. The highest BCUT2D eigenvalue weighted by Gasteiger charge is 2.15. The Kier molecular flexibility index (Phi) is 3.85. The lowest BCUT2D eigenvalue weighted by atomic mass is 10.2. The normalized spacial score (nSPS) is 16.6. The predicted octanol–water partition coefficient (Wildman–Crippen LogP) is 1.94. The van der Waals surface area contributed by atoms with Crippen LogP contribution in [0.4, 0.5) is 0 Å². The van der Waals surface area contributed by atoms with Crippen LogP contribution in [0.15, 0.2) is 30.9 Å². The van der Waals surface area contributed by atoms with Crippen molar-refractivity contribution in [3.63, 3.8) is 0 Å². The summed E-state index contributed by atoms with van der Waals surface area (Å²) in [5.41, 5.74) is 3.58. The first-order valence-electron chi connectivity index (χ1n) is 7.27. The van der Waals surface area contributed by atoms with E-state index in [1.807, 2.05) is 6.08 Å². The Bertz CT molecular complexity index is 608. The van der Waals surface area contributed by atoms with Crippen molar-refractivity contribution in [3.8, 4) is 0 Å². The molecule has 0 spiro atoms. The molecule has 1 N–H and O–H groups in total. The first kappa shape index (κ1) is 13.3. The third kappa shape index (κ3) is 2.62. The monoisotopic (exact) mass is 270 g/mol. The topological polar surface area (TPSA) is 33.1 Å². The maximum absolute atomic E-state index is 4.82. The summed E-state index contributed by atoms with van der Waals surface area (Å²) in [6.45, 7) is 12.1. The molecule has 0 aliphatic carbocycles. The average molecular weight is 270 g/mol. The number of allylic oxidation sites excluding steroid dienone is 1. The molecule has 1 aromatic carbocycles. The molecule has 0 saturated carbocycles. The number of rotatable bonds is 4. The fraction of sp³-hybridized carbons (Fsp3) is 0.438. The average Bonchev–Trinajstić information content (AvgIpc) is 2.78. The Hall–Kier alpha value is -1.65. The van der Waals surface area contributed by atoms with Crippen molar-refractivity contribution in [1.29, 1.82) is 0 Å². The van der Waals surface area contributed by atoms with Gasteiger partial charge in [-0.25, -0.2) is 4.98 Å². The molecule has 4 nitrogen and oxygen atoms in total. The molecule has 1 aliphatic rings. The van der Waals surface area contributed by atoms with Gasteiger partial charge in [0, 0.05) is 32.7 Å². The van der Waals surface area contributed by atoms with E-state index in [0.717, 1.165) is 50.6 Å². The van der Waals surface area contributed by atoms with E-state index in [2.05, 4.69) is 46.5 Å². The number of nitrogens with zero attached hydrogens (tertiary/aromatic N) is 3. The molecule has 0 bridgehead atoms. The number of piperazine rings is 1. The molecule has 3 rings (SSSR count). The summed E-state index contributed by atoms with van der Waals surface area (Å²) in [5.74, 6) is 1.15. The van der Waals surface area contributed by atoms with E-state index in [4.69, 9.17) is 4.98 Å². The van der Waals surface area contributed by atoms with Gasteiger partial charge in [-0.3, -0.25) is 4.90 Å². The molecule has 1 aromatic heterocycles. The predicted molar refractivity (Wildman–Crippen MR) is 82.8 cm³/mol. The number of hydrogen-bond donors (Lipinski definition) is 1. The number of benzene rings is 1. The van der Waals surface area contributed by atoms with Crippen LogP contribution >= 0.6 is 0 Å². The summed E-state index contributed by atoms with van der Waals surface area (Å²) in [6, 6.07) is 6.46. The van der Waals surface area contributed by atoms with Crippen LogP contribution in [-0.2, 0) is 13.1 Å². The molecule has 0 radical (unpaired) electrons. The van der Waals surface area contributed by atoms with Gasteiger partial charge in [0.1, 0.15) is 5.82 Å². The molecule has 1 saturated heterocycles. The van der Waals surface area contributed by atoms with E-state index in [1.165, 1.54) is 11.1 Å². The molecule has 0 unspecified atom stereocenters. The highest BCUT2D eigenvalue weighted by molar-refractivity contribution is 5.77. The van der Waals surface area contributed by atoms with Gasteiger partial charge < -0.3 is 9.88 Å². The Balaban J connectivity index is 1.95. The Morgan fingerprint density at radius 1 is 1.35 bits per heavy atom. The largest absolute Gasteiger partial charge is 0.323 e. The van der Waals surface area contributed by atoms with Gasteiger partial charge >= 0.3 is 0 Å². The van der Waals surface area contributed by atoms with E-state index in [9.17, 15) is 0 Å².